The second-order valence-corrected chi connectivity index (χ2v) is 6.46. The fraction of sp³-hybridized carbons (Fsp3) is 0.667. The molecule has 134 valence electrons. The monoisotopic (exact) mass is 322 g/mol. The molecule has 0 aliphatic heterocycles. The molecule has 0 aliphatic rings. The number of ether oxygens (including phenoxy) is 1. The van der Waals surface area contributed by atoms with Crippen molar-refractivity contribution in [2.45, 2.75) is 80.1 Å². The molecule has 0 N–H and O–H groups in total. The zero-order valence-corrected chi connectivity index (χ0v) is 16.1. The first kappa shape index (κ1) is 21.7. The first-order valence-electron chi connectivity index (χ1n) is 9.19. The van der Waals surface area contributed by atoms with Crippen LogP contribution in [0.3, 0.4) is 0 Å². The summed E-state index contributed by atoms with van der Waals surface area (Å²) >= 11 is 0. The molecule has 1 aromatic rings. The molecule has 2 heteroatoms. The van der Waals surface area contributed by atoms with Gasteiger partial charge in [0.25, 0.3) is 0 Å². The summed E-state index contributed by atoms with van der Waals surface area (Å²) in [7, 11) is 0. The number of hydrogen-bond acceptors (Lipinski definition) is 2. The highest BCUT2D eigenvalue weighted by Gasteiger charge is 2.04. The van der Waals surface area contributed by atoms with E-state index in [-0.39, 0.29) is 1.43 Å². The van der Waals surface area contributed by atoms with E-state index < -0.39 is 0 Å². The van der Waals surface area contributed by atoms with Gasteiger partial charge in [0.2, 0.25) is 0 Å². The van der Waals surface area contributed by atoms with Gasteiger partial charge in [0, 0.05) is 14.3 Å². The SMILES string of the molecule is CCC(=O)CC(C)C.CCCCCOc1c(C)cccc1CC.[HH]. The van der Waals surface area contributed by atoms with Crippen molar-refractivity contribution in [1.29, 1.82) is 0 Å². The lowest BCUT2D eigenvalue weighted by molar-refractivity contribution is -0.119. The molecule has 2 nitrogen and oxygen atoms in total. The van der Waals surface area contributed by atoms with Gasteiger partial charge < -0.3 is 4.74 Å². The summed E-state index contributed by atoms with van der Waals surface area (Å²) in [5.41, 5.74) is 2.58. The number of carbonyl (C=O) groups excluding carboxylic acids is 1. The number of rotatable bonds is 9. The zero-order valence-electron chi connectivity index (χ0n) is 16.1. The van der Waals surface area contributed by atoms with E-state index in [0.29, 0.717) is 18.1 Å². The maximum atomic E-state index is 10.6. The molecule has 0 amide bonds. The number of ketones is 1. The molecule has 0 saturated heterocycles. The molecular formula is C21H38O2. The fourth-order valence-corrected chi connectivity index (χ4v) is 2.32. The maximum absolute atomic E-state index is 10.6. The summed E-state index contributed by atoms with van der Waals surface area (Å²) in [6.07, 6.45) is 6.15. The smallest absolute Gasteiger partial charge is 0.132 e. The van der Waals surface area contributed by atoms with Gasteiger partial charge in [-0.1, -0.05) is 65.7 Å². The fourth-order valence-electron chi connectivity index (χ4n) is 2.32. The summed E-state index contributed by atoms with van der Waals surface area (Å²) in [5.74, 6) is 2.01. The Hall–Kier alpha value is -1.31. The van der Waals surface area contributed by atoms with Crippen LogP contribution in [0.5, 0.6) is 5.75 Å². The molecule has 0 atom stereocenters. The predicted octanol–water partition coefficient (Wildman–Crippen LogP) is 6.38. The van der Waals surface area contributed by atoms with E-state index >= 15 is 0 Å². The molecule has 0 aromatic heterocycles. The van der Waals surface area contributed by atoms with Gasteiger partial charge >= 0.3 is 0 Å². The Labute approximate surface area is 145 Å². The third kappa shape index (κ3) is 10.1. The number of carbonyl (C=O) groups is 1. The van der Waals surface area contributed by atoms with E-state index in [1.54, 1.807) is 0 Å². The zero-order chi connectivity index (χ0) is 17.7. The van der Waals surface area contributed by atoms with Crippen molar-refractivity contribution in [3.05, 3.63) is 29.3 Å². The lowest BCUT2D eigenvalue weighted by Gasteiger charge is -2.12. The maximum Gasteiger partial charge on any atom is 0.132 e. The quantitative estimate of drug-likeness (QED) is 0.493. The topological polar surface area (TPSA) is 26.3 Å². The first-order chi connectivity index (χ1) is 11.0. The Bertz CT molecular complexity index is 441. The van der Waals surface area contributed by atoms with E-state index in [4.69, 9.17) is 4.74 Å². The van der Waals surface area contributed by atoms with Crippen molar-refractivity contribution in [1.82, 2.24) is 0 Å². The van der Waals surface area contributed by atoms with Gasteiger partial charge in [-0.3, -0.25) is 4.79 Å². The highest BCUT2D eigenvalue weighted by Crippen LogP contribution is 2.24. The molecule has 0 spiro atoms. The van der Waals surface area contributed by atoms with Gasteiger partial charge in [-0.2, -0.15) is 0 Å². The molecule has 0 bridgehead atoms. The summed E-state index contributed by atoms with van der Waals surface area (Å²) < 4.78 is 5.86. The van der Waals surface area contributed by atoms with Crippen molar-refractivity contribution in [2.75, 3.05) is 6.61 Å². The van der Waals surface area contributed by atoms with E-state index in [0.717, 1.165) is 31.6 Å². The number of para-hydroxylation sites is 1. The van der Waals surface area contributed by atoms with Gasteiger partial charge in [-0.05, 0) is 36.8 Å². The molecule has 0 unspecified atom stereocenters. The standard InChI is InChI=1S/C14H22O.C7H14O.H2/c1-4-6-7-11-15-14-12(3)9-8-10-13(14)5-2;1-4-7(8)5-6(2)3;/h8-10H,4-7,11H2,1-3H3;6H,4-5H2,1-3H3;1H. The van der Waals surface area contributed by atoms with Crippen LogP contribution in [0.2, 0.25) is 0 Å². The number of unbranched alkanes of at least 4 members (excludes halogenated alkanes) is 2. The molecule has 23 heavy (non-hydrogen) atoms. The van der Waals surface area contributed by atoms with Crippen LogP contribution in [-0.2, 0) is 11.2 Å². The second-order valence-electron chi connectivity index (χ2n) is 6.46. The highest BCUT2D eigenvalue weighted by atomic mass is 16.5. The Kier molecular flexibility index (Phi) is 12.4. The number of hydrogen-bond donors (Lipinski definition) is 0. The van der Waals surface area contributed by atoms with Crippen molar-refractivity contribution in [3.63, 3.8) is 0 Å². The van der Waals surface area contributed by atoms with Crippen LogP contribution in [0.1, 0.15) is 79.3 Å². The Balaban J connectivity index is 0. The molecule has 0 aliphatic carbocycles. The number of Topliss-reactive ketones (excluding diaryl/α,β-unsaturated/α-hetero) is 1. The molecule has 0 radical (unpaired) electrons. The molecule has 1 aromatic carbocycles. The van der Waals surface area contributed by atoms with Crippen LogP contribution in [-0.4, -0.2) is 12.4 Å². The van der Waals surface area contributed by atoms with Crippen LogP contribution in [0.4, 0.5) is 0 Å². The Morgan fingerprint density at radius 3 is 2.35 bits per heavy atom. The summed E-state index contributed by atoms with van der Waals surface area (Å²) in [4.78, 5) is 10.6. The lowest BCUT2D eigenvalue weighted by atomic mass is 10.1. The van der Waals surface area contributed by atoms with Crippen molar-refractivity contribution in [3.8, 4) is 5.75 Å². The molecular weight excluding hydrogens is 284 g/mol. The minimum Gasteiger partial charge on any atom is -0.493 e. The summed E-state index contributed by atoms with van der Waals surface area (Å²) in [6.45, 7) is 13.4. The second kappa shape index (κ2) is 13.2. The minimum absolute atomic E-state index is 0. The largest absolute Gasteiger partial charge is 0.493 e. The highest BCUT2D eigenvalue weighted by molar-refractivity contribution is 5.78. The molecule has 1 rings (SSSR count). The first-order valence-corrected chi connectivity index (χ1v) is 9.19. The predicted molar refractivity (Wildman–Crippen MR) is 102 cm³/mol. The van der Waals surface area contributed by atoms with Crippen LogP contribution < -0.4 is 4.74 Å². The van der Waals surface area contributed by atoms with Gasteiger partial charge in [0.1, 0.15) is 11.5 Å². The van der Waals surface area contributed by atoms with Crippen LogP contribution in [0, 0.1) is 12.8 Å². The van der Waals surface area contributed by atoms with Gasteiger partial charge in [0.05, 0.1) is 6.61 Å². The lowest BCUT2D eigenvalue weighted by Crippen LogP contribution is -2.01. The van der Waals surface area contributed by atoms with Gasteiger partial charge in [-0.25, -0.2) is 0 Å². The molecule has 0 saturated carbocycles. The van der Waals surface area contributed by atoms with Crippen LogP contribution in [0.25, 0.3) is 0 Å². The number of aryl methyl sites for hydroxylation is 2. The van der Waals surface area contributed by atoms with Crippen LogP contribution >= 0.6 is 0 Å². The van der Waals surface area contributed by atoms with E-state index in [2.05, 4.69) is 52.8 Å². The third-order valence-electron chi connectivity index (χ3n) is 3.70. The molecule has 0 heterocycles. The van der Waals surface area contributed by atoms with Crippen molar-refractivity contribution >= 4 is 5.78 Å². The molecule has 0 fully saturated rings. The third-order valence-corrected chi connectivity index (χ3v) is 3.70. The summed E-state index contributed by atoms with van der Waals surface area (Å²) in [5, 5.41) is 0. The average Bonchev–Trinajstić information content (AvgIpc) is 2.52. The van der Waals surface area contributed by atoms with Gasteiger partial charge in [0.15, 0.2) is 0 Å². The summed E-state index contributed by atoms with van der Waals surface area (Å²) in [6, 6.07) is 6.38. The van der Waals surface area contributed by atoms with Crippen LogP contribution in [0.15, 0.2) is 18.2 Å². The van der Waals surface area contributed by atoms with Crippen molar-refractivity contribution in [2.24, 2.45) is 5.92 Å². The Morgan fingerprint density at radius 1 is 1.17 bits per heavy atom. The normalized spacial score (nSPS) is 10.2. The van der Waals surface area contributed by atoms with E-state index in [1.807, 2.05) is 6.92 Å². The Morgan fingerprint density at radius 2 is 1.87 bits per heavy atom. The minimum atomic E-state index is 0. The van der Waals surface area contributed by atoms with Gasteiger partial charge in [-0.15, -0.1) is 0 Å². The number of benzene rings is 1. The van der Waals surface area contributed by atoms with E-state index in [9.17, 15) is 4.79 Å². The van der Waals surface area contributed by atoms with Crippen molar-refractivity contribution < 1.29 is 11.0 Å². The van der Waals surface area contributed by atoms with E-state index in [1.165, 1.54) is 24.0 Å². The average molecular weight is 323 g/mol.